The Labute approximate surface area is 858 Å². The number of rotatable bonds is 73. The second-order valence-electron chi connectivity index (χ2n) is 37.6. The lowest BCUT2D eigenvalue weighted by molar-refractivity contribution is -0.144. The molecule has 1 heterocycles. The molecular weight excluding hydrogens is 1970 g/mol. The molecule has 0 aromatic carbocycles. The zero-order valence-electron chi connectivity index (χ0n) is 85.7. The Morgan fingerprint density at radius 1 is 0.336 bits per heavy atom. The van der Waals surface area contributed by atoms with Gasteiger partial charge in [-0.1, -0.05) is 95.9 Å². The summed E-state index contributed by atoms with van der Waals surface area (Å²) in [4.78, 5) is 356. The van der Waals surface area contributed by atoms with Gasteiger partial charge in [-0.15, -0.1) is 0 Å². The fraction of sp³-hybridized carbons (Fsp3) is 0.678. The summed E-state index contributed by atoms with van der Waals surface area (Å²) in [7, 11) is 0. The normalized spacial score (nSPS) is 15.4. The Morgan fingerprint density at radius 3 is 1.05 bits per heavy atom. The van der Waals surface area contributed by atoms with Gasteiger partial charge in [0.15, 0.2) is 0 Å². The Hall–Kier alpha value is -14.8. The molecule has 0 saturated carbocycles. The van der Waals surface area contributed by atoms with Crippen molar-refractivity contribution in [2.45, 2.75) is 321 Å². The van der Waals surface area contributed by atoms with Gasteiger partial charge in [-0.05, 0) is 107 Å². The van der Waals surface area contributed by atoms with Crippen molar-refractivity contribution in [2.75, 3.05) is 32.8 Å². The van der Waals surface area contributed by atoms with Crippen molar-refractivity contribution in [3.05, 3.63) is 18.2 Å². The zero-order valence-corrected chi connectivity index (χ0v) is 85.7. The van der Waals surface area contributed by atoms with E-state index < -0.39 is 376 Å². The second-order valence-corrected chi connectivity index (χ2v) is 37.6. The number of aliphatic hydroxyl groups excluding tert-OH is 3. The van der Waals surface area contributed by atoms with Crippen LogP contribution in [0.4, 0.5) is 0 Å². The first-order valence-corrected chi connectivity index (χ1v) is 48.3. The number of primary amides is 3. The lowest BCUT2D eigenvalue weighted by Gasteiger charge is -2.29. The molecule has 838 valence electrons. The maximum absolute atomic E-state index is 14.4. The number of aliphatic hydroxyl groups is 3. The fourth-order valence-corrected chi connectivity index (χ4v) is 14.2. The number of carbonyl (C=O) groups is 26. The highest BCUT2D eigenvalue weighted by atomic mass is 16.4. The molecule has 59 nitrogen and oxygen atoms in total. The molecule has 22 amide bonds. The molecule has 1 rings (SSSR count). The third-order valence-corrected chi connectivity index (χ3v) is 22.6. The number of amides is 22. The molecule has 1 aromatic heterocycles. The maximum Gasteiger partial charge on any atom is 0.326 e. The number of imidazole rings is 1. The lowest BCUT2D eigenvalue weighted by Crippen LogP contribution is -2.61. The Kier molecular flexibility index (Phi) is 59.6. The molecule has 0 aliphatic heterocycles. The number of carbonyl (C=O) groups excluding carboxylic acids is 22. The first-order valence-electron chi connectivity index (χ1n) is 48.3. The van der Waals surface area contributed by atoms with Gasteiger partial charge in [0.05, 0.1) is 70.8 Å². The van der Waals surface area contributed by atoms with Crippen molar-refractivity contribution in [3.8, 4) is 0 Å². The molecule has 0 aliphatic carbocycles. The van der Waals surface area contributed by atoms with Crippen LogP contribution in [0.2, 0.25) is 0 Å². The summed E-state index contributed by atoms with van der Waals surface area (Å²) in [6, 6.07) is -31.5. The number of carboxylic acids is 4. The summed E-state index contributed by atoms with van der Waals surface area (Å²) in [5.74, 6) is -35.5. The molecule has 1 aromatic rings. The highest BCUT2D eigenvalue weighted by Gasteiger charge is 2.42. The van der Waals surface area contributed by atoms with Crippen LogP contribution in [0.3, 0.4) is 0 Å². The van der Waals surface area contributed by atoms with Crippen molar-refractivity contribution in [1.82, 2.24) is 111 Å². The predicted molar refractivity (Wildman–Crippen MR) is 521 cm³/mol. The summed E-state index contributed by atoms with van der Waals surface area (Å²) in [6.45, 7) is 17.4. The van der Waals surface area contributed by atoms with E-state index in [0.29, 0.717) is 0 Å². The Morgan fingerprint density at radius 2 is 0.658 bits per heavy atom. The summed E-state index contributed by atoms with van der Waals surface area (Å²) in [6.07, 6.45) is -6.56. The molecule has 59 heteroatoms. The summed E-state index contributed by atoms with van der Waals surface area (Å²) in [5, 5.41) is 113. The minimum atomic E-state index is -2.08. The van der Waals surface area contributed by atoms with E-state index in [1.54, 1.807) is 69.2 Å². The van der Waals surface area contributed by atoms with E-state index in [2.05, 4.69) is 111 Å². The average molecular weight is 2120 g/mol. The first kappa shape index (κ1) is 132. The number of hydrogen-bond donors (Lipinski definition) is 32. The number of aliphatic carboxylic acids is 4. The van der Waals surface area contributed by atoms with Crippen molar-refractivity contribution in [1.29, 1.82) is 0 Å². The predicted octanol–water partition coefficient (Wildman–Crippen LogP) is -11.9. The number of aromatic nitrogens is 2. The van der Waals surface area contributed by atoms with Gasteiger partial charge in [0.25, 0.3) is 0 Å². The Balaban J connectivity index is 3.52. The molecule has 21 atom stereocenters. The lowest BCUT2D eigenvalue weighted by atomic mass is 9.96. The van der Waals surface area contributed by atoms with E-state index in [1.807, 2.05) is 0 Å². The number of nitrogens with zero attached hydrogens (tertiary/aromatic N) is 1. The van der Waals surface area contributed by atoms with Crippen LogP contribution in [0.25, 0.3) is 0 Å². The topological polar surface area (TPSA) is 973 Å². The van der Waals surface area contributed by atoms with E-state index in [9.17, 15) is 160 Å². The van der Waals surface area contributed by atoms with E-state index in [0.717, 1.165) is 13.8 Å². The van der Waals surface area contributed by atoms with Gasteiger partial charge in [-0.3, -0.25) is 120 Å². The number of carboxylic acid groups (broad SMARTS) is 4. The van der Waals surface area contributed by atoms with Gasteiger partial charge in [-0.2, -0.15) is 0 Å². The van der Waals surface area contributed by atoms with E-state index in [4.69, 9.17) is 28.7 Å². The SMILES string of the molecule is CC[C@H](C)[C@H](NC(=O)[C@H](CCCCN)NC(=O)[C@H](CC(=O)O)NC(=O)[C@@H](NC(=O)CNC(=O)[C@H](CC(C)C)NC(=O)[C@@H](NC(=O)[C@H](CC(=O)O)NC(=O)[C@H](C)NC(=O)[C@H](CC(N)=O)NC(=O)[C@H](CC(C)C)NC(=O)[C@H](CCC(=O)O)NC(=O)[C@H](CC(C)C)NC(=O)CNC(=O)[C@H](Cc1cnc[nH]1)NC(=O)[C@H](CO)NC(=O)[C@H](CC(N)=O)NC(=O)[C@H](CC(C)C)NC(=O)[C@@H](N)CO)[C@@H](C)CC)[C@@H](C)O)C(=O)N[C@@H](CC(N)=O)C(=O)O. The fourth-order valence-electron chi connectivity index (χ4n) is 14.2. The van der Waals surface area contributed by atoms with Gasteiger partial charge in [0.2, 0.25) is 130 Å². The van der Waals surface area contributed by atoms with Crippen molar-refractivity contribution < 1.29 is 160 Å². The van der Waals surface area contributed by atoms with Gasteiger partial charge in [0, 0.05) is 24.7 Å². The number of nitrogens with one attached hydrogen (secondary N) is 20. The quantitative estimate of drug-likeness (QED) is 0.0269. The van der Waals surface area contributed by atoms with Crippen molar-refractivity contribution in [2.24, 2.45) is 64.2 Å². The molecule has 37 N–H and O–H groups in total. The summed E-state index contributed by atoms with van der Waals surface area (Å²) in [5.41, 5.74) is 27.5. The van der Waals surface area contributed by atoms with Crippen LogP contribution in [0.5, 0.6) is 0 Å². The number of unbranched alkanes of at least 4 members (excludes halogenated alkanes) is 1. The highest BCUT2D eigenvalue weighted by Crippen LogP contribution is 2.18. The molecule has 0 fully saturated rings. The summed E-state index contributed by atoms with van der Waals surface area (Å²) < 4.78 is 0. The smallest absolute Gasteiger partial charge is 0.326 e. The zero-order chi connectivity index (χ0) is 114. The van der Waals surface area contributed by atoms with E-state index in [1.165, 1.54) is 26.4 Å². The number of H-pyrrole nitrogens is 1. The average Bonchev–Trinajstić information content (AvgIpc) is 1.66. The van der Waals surface area contributed by atoms with Crippen molar-refractivity contribution >= 4 is 154 Å². The number of nitrogens with two attached hydrogens (primary N) is 5. The van der Waals surface area contributed by atoms with Crippen LogP contribution in [0, 0.1) is 35.5 Å². The van der Waals surface area contributed by atoms with Crippen LogP contribution in [0.15, 0.2) is 12.5 Å². The minimum absolute atomic E-state index is 0.0375. The number of aromatic amines is 1. The van der Waals surface area contributed by atoms with Crippen LogP contribution in [0.1, 0.15) is 205 Å². The van der Waals surface area contributed by atoms with Gasteiger partial charge >= 0.3 is 23.9 Å². The standard InChI is InChI=1S/C90H150N26O33/c1-15-43(11)70(87(145)110-51(23-39(3)4)75(133)98-35-66(124)114-72(46(14)119)89(147)111-58(31-68(127)128)84(142)102-49(19-17-18-22-91)78(136)115-71(44(12)16-2)88(146)112-60(90(148)149)30-64(95)122)116-85(143)59(32-69(129)130)104-73(131)45(13)100-79(137)56(28-62(93)120)108-82(140)54(26-42(9)10)106-77(135)50(20-21-67(125)126)103-80(138)52(24-40(5)6)101-65(123)34-97-76(134)55(27-47-33-96-38-99-47)107-86(144)61(37-118)113-83(141)57(29-63(94)121)109-81(139)53(25-41(7)8)105-74(132)48(92)36-117/h33,38-46,48-61,70-72,117-119H,15-32,34-37,91-92H2,1-14H3,(H2,93,120)(H2,94,121)(H2,95,122)(H,96,99)(H,97,134)(H,98,133)(H,100,137)(H,101,123)(H,102,142)(H,103,138)(H,104,131)(H,105,132)(H,106,135)(H,107,144)(H,108,140)(H,109,139)(H,110,145)(H,111,147)(H,112,146)(H,113,141)(H,114,124)(H,115,136)(H,116,143)(H,125,126)(H,127,128)(H,129,130)(H,148,149)/t43-,44-,45-,46+,48-,49-,50-,51-,52-,53-,54-,55-,56-,57-,58-,59-,60-,61-,70-,71-,72-/m0/s1. The molecule has 0 aliphatic rings. The molecule has 0 radical (unpaired) electrons. The van der Waals surface area contributed by atoms with Crippen LogP contribution < -0.4 is 130 Å². The van der Waals surface area contributed by atoms with E-state index >= 15 is 0 Å². The molecule has 0 spiro atoms. The van der Waals surface area contributed by atoms with Crippen LogP contribution >= 0.6 is 0 Å². The van der Waals surface area contributed by atoms with E-state index in [-0.39, 0.29) is 75.9 Å². The monoisotopic (exact) mass is 2120 g/mol. The third kappa shape index (κ3) is 50.9. The highest BCUT2D eigenvalue weighted by molar-refractivity contribution is 6.04. The third-order valence-electron chi connectivity index (χ3n) is 22.6. The molecule has 0 saturated heterocycles. The Bertz CT molecular complexity index is 4770. The first-order chi connectivity index (χ1) is 69.5. The van der Waals surface area contributed by atoms with Crippen LogP contribution in [-0.4, -0.2) is 347 Å². The van der Waals surface area contributed by atoms with Crippen LogP contribution in [-0.2, 0) is 131 Å². The maximum atomic E-state index is 14.4. The largest absolute Gasteiger partial charge is 0.481 e. The minimum Gasteiger partial charge on any atom is -0.481 e. The van der Waals surface area contributed by atoms with Gasteiger partial charge in [0.1, 0.15) is 109 Å². The molecular formula is C90H150N26O33. The molecule has 0 bridgehead atoms. The van der Waals surface area contributed by atoms with Gasteiger partial charge < -0.3 is 170 Å². The second kappa shape index (κ2) is 67.2. The van der Waals surface area contributed by atoms with Crippen molar-refractivity contribution in [3.63, 3.8) is 0 Å². The molecule has 0 unspecified atom stereocenters. The molecule has 149 heavy (non-hydrogen) atoms. The summed E-state index contributed by atoms with van der Waals surface area (Å²) >= 11 is 0. The number of hydrogen-bond acceptors (Lipinski definition) is 32. The van der Waals surface area contributed by atoms with Gasteiger partial charge in [-0.25, -0.2) is 9.78 Å².